The fraction of sp³-hybridized carbons (Fsp3) is 0.273. The summed E-state index contributed by atoms with van der Waals surface area (Å²) in [6.07, 6.45) is 1.53. The van der Waals surface area contributed by atoms with Crippen molar-refractivity contribution in [3.63, 3.8) is 0 Å². The maximum absolute atomic E-state index is 13.2. The fourth-order valence-corrected chi connectivity index (χ4v) is 5.21. The number of thiophene rings is 1. The first-order valence-corrected chi connectivity index (χ1v) is 12.2. The molecule has 0 saturated carbocycles. The van der Waals surface area contributed by atoms with E-state index in [-0.39, 0.29) is 23.3 Å². The van der Waals surface area contributed by atoms with E-state index in [1.165, 1.54) is 44.4 Å². The number of rotatable bonds is 9. The number of nitrogens with zero attached hydrogens (tertiary/aromatic N) is 1. The lowest BCUT2D eigenvalue weighted by Crippen LogP contribution is -2.46. The standard InChI is InChI=1S/C22H25N3O5S2/c1-15-6-9-20(31-15)14-25(13-19-5-4-12-30-19)22(27)16(2)24-32(28,29)21-10-7-18(8-11-21)23-17(3)26/h4-12,16,24H,13-14H2,1-3H3,(H,23,26)/t16-/m0/s1. The van der Waals surface area contributed by atoms with E-state index in [9.17, 15) is 18.0 Å². The molecule has 0 unspecified atom stereocenters. The molecule has 2 heterocycles. The molecule has 1 atom stereocenters. The van der Waals surface area contributed by atoms with Crippen LogP contribution < -0.4 is 10.0 Å². The van der Waals surface area contributed by atoms with Crippen LogP contribution in [0.1, 0.15) is 29.4 Å². The highest BCUT2D eigenvalue weighted by Gasteiger charge is 2.27. The fourth-order valence-electron chi connectivity index (χ4n) is 3.11. The molecule has 8 nitrogen and oxygen atoms in total. The third-order valence-electron chi connectivity index (χ3n) is 4.57. The van der Waals surface area contributed by atoms with Crippen molar-refractivity contribution < 1.29 is 22.4 Å². The zero-order valence-corrected chi connectivity index (χ0v) is 19.6. The number of hydrogen-bond donors (Lipinski definition) is 2. The number of furan rings is 1. The molecule has 32 heavy (non-hydrogen) atoms. The average molecular weight is 476 g/mol. The minimum absolute atomic E-state index is 0.00211. The Kier molecular flexibility index (Phi) is 7.49. The second kappa shape index (κ2) is 10.1. The quantitative estimate of drug-likeness (QED) is 0.492. The smallest absolute Gasteiger partial charge is 0.241 e. The molecule has 0 aliphatic carbocycles. The van der Waals surface area contributed by atoms with Crippen LogP contribution in [0.15, 0.2) is 64.1 Å². The summed E-state index contributed by atoms with van der Waals surface area (Å²) < 4.78 is 33.4. The lowest BCUT2D eigenvalue weighted by atomic mass is 10.2. The van der Waals surface area contributed by atoms with Crippen LogP contribution in [0, 0.1) is 6.92 Å². The van der Waals surface area contributed by atoms with Gasteiger partial charge in [0, 0.05) is 22.4 Å². The highest BCUT2D eigenvalue weighted by atomic mass is 32.2. The lowest BCUT2D eigenvalue weighted by Gasteiger charge is -2.25. The van der Waals surface area contributed by atoms with Gasteiger partial charge in [0.05, 0.1) is 30.3 Å². The largest absolute Gasteiger partial charge is 0.467 e. The van der Waals surface area contributed by atoms with Gasteiger partial charge in [-0.05, 0) is 62.4 Å². The average Bonchev–Trinajstić information content (AvgIpc) is 3.38. The van der Waals surface area contributed by atoms with Crippen molar-refractivity contribution in [3.05, 3.63) is 70.3 Å². The summed E-state index contributed by atoms with van der Waals surface area (Å²) in [6, 6.07) is 12.2. The maximum atomic E-state index is 13.2. The van der Waals surface area contributed by atoms with Crippen LogP contribution in [0.25, 0.3) is 0 Å². The predicted octanol–water partition coefficient (Wildman–Crippen LogP) is 3.50. The van der Waals surface area contributed by atoms with E-state index in [4.69, 9.17) is 4.42 Å². The molecule has 170 valence electrons. The number of anilines is 1. The molecule has 0 radical (unpaired) electrons. The highest BCUT2D eigenvalue weighted by molar-refractivity contribution is 7.89. The molecule has 1 aromatic carbocycles. The van der Waals surface area contributed by atoms with Crippen molar-refractivity contribution in [2.24, 2.45) is 0 Å². The Morgan fingerprint density at radius 1 is 1.09 bits per heavy atom. The molecule has 0 aliphatic rings. The molecule has 0 spiro atoms. The van der Waals surface area contributed by atoms with Gasteiger partial charge in [-0.3, -0.25) is 9.59 Å². The molecular formula is C22H25N3O5S2. The normalized spacial score (nSPS) is 12.3. The van der Waals surface area contributed by atoms with Gasteiger partial charge in [-0.1, -0.05) is 0 Å². The van der Waals surface area contributed by atoms with Crippen LogP contribution in [0.3, 0.4) is 0 Å². The summed E-state index contributed by atoms with van der Waals surface area (Å²) in [7, 11) is -3.95. The first-order valence-electron chi connectivity index (χ1n) is 9.90. The van der Waals surface area contributed by atoms with E-state index in [1.807, 2.05) is 19.1 Å². The number of carbonyl (C=O) groups is 2. The second-order valence-corrected chi connectivity index (χ2v) is 10.4. The van der Waals surface area contributed by atoms with Crippen LogP contribution >= 0.6 is 11.3 Å². The Morgan fingerprint density at radius 2 is 1.81 bits per heavy atom. The highest BCUT2D eigenvalue weighted by Crippen LogP contribution is 2.20. The van der Waals surface area contributed by atoms with Crippen molar-refractivity contribution in [3.8, 4) is 0 Å². The molecule has 3 aromatic rings. The van der Waals surface area contributed by atoms with Gasteiger partial charge in [-0.25, -0.2) is 8.42 Å². The minimum Gasteiger partial charge on any atom is -0.467 e. The number of benzene rings is 1. The molecule has 3 rings (SSSR count). The van der Waals surface area contributed by atoms with Crippen molar-refractivity contribution in [1.29, 1.82) is 0 Å². The summed E-state index contributed by atoms with van der Waals surface area (Å²) in [5.74, 6) is -0.0170. The predicted molar refractivity (Wildman–Crippen MR) is 123 cm³/mol. The third-order valence-corrected chi connectivity index (χ3v) is 7.11. The molecule has 0 bridgehead atoms. The summed E-state index contributed by atoms with van der Waals surface area (Å²) in [5.41, 5.74) is 0.483. The number of amides is 2. The van der Waals surface area contributed by atoms with Crippen molar-refractivity contribution in [2.75, 3.05) is 5.32 Å². The molecular weight excluding hydrogens is 450 g/mol. The summed E-state index contributed by atoms with van der Waals surface area (Å²) in [6.45, 7) is 5.43. The number of nitrogens with one attached hydrogen (secondary N) is 2. The van der Waals surface area contributed by atoms with Crippen LogP contribution in [-0.2, 0) is 32.7 Å². The SMILES string of the molecule is CC(=O)Nc1ccc(S(=O)(=O)N[C@@H](C)C(=O)N(Cc2ccco2)Cc2ccc(C)s2)cc1. The van der Waals surface area contributed by atoms with Crippen molar-refractivity contribution in [2.45, 2.75) is 44.8 Å². The van der Waals surface area contributed by atoms with E-state index >= 15 is 0 Å². The van der Waals surface area contributed by atoms with Gasteiger partial charge in [0.15, 0.2) is 0 Å². The van der Waals surface area contributed by atoms with E-state index in [0.717, 1.165) is 9.75 Å². The zero-order valence-electron chi connectivity index (χ0n) is 18.0. The molecule has 2 N–H and O–H groups in total. The van der Waals surface area contributed by atoms with Gasteiger partial charge >= 0.3 is 0 Å². The summed E-state index contributed by atoms with van der Waals surface area (Å²) >= 11 is 1.58. The zero-order chi connectivity index (χ0) is 23.3. The van der Waals surface area contributed by atoms with Gasteiger partial charge < -0.3 is 14.6 Å². The molecule has 2 amide bonds. The van der Waals surface area contributed by atoms with E-state index in [2.05, 4.69) is 10.0 Å². The Hall–Kier alpha value is -2.95. The molecule has 0 aliphatic heterocycles. The van der Waals surface area contributed by atoms with E-state index in [0.29, 0.717) is 18.0 Å². The van der Waals surface area contributed by atoms with Crippen LogP contribution in [0.5, 0.6) is 0 Å². The maximum Gasteiger partial charge on any atom is 0.241 e. The minimum atomic E-state index is -3.95. The van der Waals surface area contributed by atoms with Crippen LogP contribution in [0.2, 0.25) is 0 Å². The number of carbonyl (C=O) groups excluding carboxylic acids is 2. The van der Waals surface area contributed by atoms with Gasteiger partial charge in [0.2, 0.25) is 21.8 Å². The Balaban J connectivity index is 1.74. The Bertz CT molecular complexity index is 1170. The second-order valence-electron chi connectivity index (χ2n) is 7.33. The van der Waals surface area contributed by atoms with Crippen LogP contribution in [0.4, 0.5) is 5.69 Å². The lowest BCUT2D eigenvalue weighted by molar-refractivity contribution is -0.134. The van der Waals surface area contributed by atoms with Gasteiger partial charge in [0.25, 0.3) is 0 Å². The van der Waals surface area contributed by atoms with Crippen molar-refractivity contribution in [1.82, 2.24) is 9.62 Å². The molecule has 10 heteroatoms. The van der Waals surface area contributed by atoms with Crippen LogP contribution in [-0.4, -0.2) is 31.2 Å². The summed E-state index contributed by atoms with van der Waals surface area (Å²) in [4.78, 5) is 28.0. The monoisotopic (exact) mass is 475 g/mol. The van der Waals surface area contributed by atoms with Gasteiger partial charge in [-0.2, -0.15) is 4.72 Å². The number of hydrogen-bond acceptors (Lipinski definition) is 6. The third kappa shape index (κ3) is 6.28. The first kappa shape index (κ1) is 23.7. The molecule has 2 aromatic heterocycles. The Morgan fingerprint density at radius 3 is 2.38 bits per heavy atom. The molecule has 0 fully saturated rings. The van der Waals surface area contributed by atoms with Crippen molar-refractivity contribution >= 4 is 38.9 Å². The number of aryl methyl sites for hydroxylation is 1. The van der Waals surface area contributed by atoms with Gasteiger partial charge in [-0.15, -0.1) is 11.3 Å². The van der Waals surface area contributed by atoms with Gasteiger partial charge in [0.1, 0.15) is 5.76 Å². The first-order chi connectivity index (χ1) is 15.1. The topological polar surface area (TPSA) is 109 Å². The van der Waals surface area contributed by atoms with E-state index < -0.39 is 16.1 Å². The molecule has 0 saturated heterocycles. The number of sulfonamides is 1. The Labute approximate surface area is 191 Å². The summed E-state index contributed by atoms with van der Waals surface area (Å²) in [5, 5.41) is 2.58. The van der Waals surface area contributed by atoms with E-state index in [1.54, 1.807) is 28.4 Å².